The van der Waals surface area contributed by atoms with E-state index < -0.39 is 31.7 Å². The first-order valence-electron chi connectivity index (χ1n) is 8.80. The van der Waals surface area contributed by atoms with Crippen LogP contribution in [0.4, 0.5) is 4.79 Å². The number of esters is 1. The molecule has 2 N–H and O–H groups in total. The van der Waals surface area contributed by atoms with Crippen LogP contribution in [0.15, 0.2) is 24.3 Å². The Hall–Kier alpha value is -2.02. The van der Waals surface area contributed by atoms with Crippen LogP contribution in [0.3, 0.4) is 0 Å². The van der Waals surface area contributed by atoms with Gasteiger partial charge in [-0.2, -0.15) is 0 Å². The molecule has 1 atom stereocenters. The summed E-state index contributed by atoms with van der Waals surface area (Å²) in [5.74, 6) is -1.28. The van der Waals surface area contributed by atoms with Gasteiger partial charge in [0.05, 0.1) is 6.61 Å². The van der Waals surface area contributed by atoms with Crippen LogP contribution in [-0.4, -0.2) is 44.0 Å². The third kappa shape index (κ3) is 8.38. The Bertz CT molecular complexity index is 619. The summed E-state index contributed by atoms with van der Waals surface area (Å²) in [5.41, 5.74) is -0.215. The molecular weight excluding hydrogens is 350 g/mol. The van der Waals surface area contributed by atoms with E-state index in [-0.39, 0.29) is 12.3 Å². The minimum atomic E-state index is -1.33. The Morgan fingerprint density at radius 3 is 2.35 bits per heavy atom. The second-order valence-corrected chi connectivity index (χ2v) is 14.1. The molecule has 0 aliphatic heterocycles. The number of para-hydroxylation sites is 1. The summed E-state index contributed by atoms with van der Waals surface area (Å²) in [6.07, 6.45) is -0.618. The number of rotatable bonds is 7. The minimum absolute atomic E-state index is 0.00867. The monoisotopic (exact) mass is 381 g/mol. The molecule has 0 radical (unpaired) electrons. The van der Waals surface area contributed by atoms with Crippen LogP contribution < -0.4 is 5.32 Å². The molecule has 1 amide bonds. The van der Waals surface area contributed by atoms with E-state index in [1.165, 1.54) is 6.07 Å². The highest BCUT2D eigenvalue weighted by Gasteiger charge is 2.27. The van der Waals surface area contributed by atoms with Gasteiger partial charge in [-0.15, -0.1) is 0 Å². The smallest absolute Gasteiger partial charge is 0.407 e. The lowest BCUT2D eigenvalue weighted by Gasteiger charge is -2.22. The molecule has 0 spiro atoms. The van der Waals surface area contributed by atoms with Crippen molar-refractivity contribution in [2.75, 3.05) is 13.2 Å². The van der Waals surface area contributed by atoms with Crippen LogP contribution in [0.25, 0.3) is 0 Å². The summed E-state index contributed by atoms with van der Waals surface area (Å²) < 4.78 is 10.6. The second-order valence-electron chi connectivity index (χ2n) is 8.47. The molecule has 6 nitrogen and oxygen atoms in total. The van der Waals surface area contributed by atoms with E-state index in [1.807, 2.05) is 0 Å². The largest absolute Gasteiger partial charge is 0.508 e. The van der Waals surface area contributed by atoms with Crippen LogP contribution in [0, 0.1) is 0 Å². The van der Waals surface area contributed by atoms with Crippen LogP contribution in [0.5, 0.6) is 5.75 Å². The quantitative estimate of drug-likeness (QED) is 0.553. The van der Waals surface area contributed by atoms with Gasteiger partial charge in [0, 0.05) is 20.2 Å². The molecule has 0 saturated carbocycles. The molecular formula is C19H31NO5Si. The Kier molecular flexibility index (Phi) is 7.68. The number of phenols is 1. The average molecular weight is 382 g/mol. The number of hydrogen-bond acceptors (Lipinski definition) is 5. The van der Waals surface area contributed by atoms with Gasteiger partial charge in [0.15, 0.2) is 0 Å². The maximum atomic E-state index is 12.6. The van der Waals surface area contributed by atoms with Gasteiger partial charge in [0.1, 0.15) is 17.3 Å². The van der Waals surface area contributed by atoms with Crippen LogP contribution in [-0.2, 0) is 14.3 Å². The summed E-state index contributed by atoms with van der Waals surface area (Å²) in [7, 11) is -1.33. The predicted molar refractivity (Wildman–Crippen MR) is 104 cm³/mol. The van der Waals surface area contributed by atoms with Gasteiger partial charge in [-0.3, -0.25) is 4.79 Å². The van der Waals surface area contributed by atoms with Crippen LogP contribution in [0.1, 0.15) is 32.3 Å². The van der Waals surface area contributed by atoms with E-state index in [2.05, 4.69) is 25.0 Å². The molecule has 146 valence electrons. The van der Waals surface area contributed by atoms with Crippen molar-refractivity contribution in [2.24, 2.45) is 0 Å². The van der Waals surface area contributed by atoms with E-state index in [1.54, 1.807) is 39.0 Å². The van der Waals surface area contributed by atoms with Crippen molar-refractivity contribution in [3.05, 3.63) is 29.8 Å². The minimum Gasteiger partial charge on any atom is -0.508 e. The number of benzene rings is 1. The molecule has 7 heteroatoms. The number of hydrogen-bond donors (Lipinski definition) is 2. The fraction of sp³-hybridized carbons (Fsp3) is 0.579. The van der Waals surface area contributed by atoms with E-state index >= 15 is 0 Å². The first-order valence-corrected chi connectivity index (χ1v) is 12.5. The number of alkyl carbamates (subject to hydrolysis) is 1. The lowest BCUT2D eigenvalue weighted by Crippen LogP contribution is -2.37. The third-order valence-corrected chi connectivity index (χ3v) is 5.25. The standard InChI is InChI=1S/C19H31NO5Si/c1-19(2,3)25-18(23)20-13-15(14-9-7-8-10-16(14)21)17(22)24-11-12-26(4,5)6/h7-10,15,21H,11-13H2,1-6H3,(H,20,23)/t15-/m0/s1. The van der Waals surface area contributed by atoms with Gasteiger partial charge < -0.3 is 19.9 Å². The van der Waals surface area contributed by atoms with E-state index in [0.717, 1.165) is 6.04 Å². The van der Waals surface area contributed by atoms with Crippen molar-refractivity contribution in [1.82, 2.24) is 5.32 Å². The van der Waals surface area contributed by atoms with Crippen molar-refractivity contribution in [1.29, 1.82) is 0 Å². The van der Waals surface area contributed by atoms with Crippen molar-refractivity contribution in [3.8, 4) is 5.75 Å². The Morgan fingerprint density at radius 1 is 1.19 bits per heavy atom. The number of carbonyl (C=O) groups is 2. The number of carbonyl (C=O) groups excluding carboxylic acids is 2. The van der Waals surface area contributed by atoms with Gasteiger partial charge in [0.25, 0.3) is 0 Å². The molecule has 1 rings (SSSR count). The van der Waals surface area contributed by atoms with Gasteiger partial charge >= 0.3 is 12.1 Å². The van der Waals surface area contributed by atoms with Gasteiger partial charge in [-0.25, -0.2) is 4.79 Å². The predicted octanol–water partition coefficient (Wildman–Crippen LogP) is 3.88. The lowest BCUT2D eigenvalue weighted by atomic mass is 9.98. The Labute approximate surface area is 156 Å². The topological polar surface area (TPSA) is 84.9 Å². The fourth-order valence-corrected chi connectivity index (χ4v) is 2.87. The molecule has 0 aromatic heterocycles. The Morgan fingerprint density at radius 2 is 1.81 bits per heavy atom. The highest BCUT2D eigenvalue weighted by molar-refractivity contribution is 6.76. The fourth-order valence-electron chi connectivity index (χ4n) is 2.16. The molecule has 0 fully saturated rings. The summed E-state index contributed by atoms with van der Waals surface area (Å²) in [5, 5.41) is 12.7. The Balaban J connectivity index is 2.82. The summed E-state index contributed by atoms with van der Waals surface area (Å²) in [6, 6.07) is 7.41. The number of nitrogens with one attached hydrogen (secondary N) is 1. The zero-order valence-electron chi connectivity index (χ0n) is 16.6. The molecule has 0 heterocycles. The van der Waals surface area contributed by atoms with Crippen molar-refractivity contribution in [2.45, 2.75) is 58.0 Å². The summed E-state index contributed by atoms with van der Waals surface area (Å²) in [4.78, 5) is 24.5. The van der Waals surface area contributed by atoms with Gasteiger partial charge in [-0.1, -0.05) is 37.8 Å². The first kappa shape index (κ1) is 22.0. The zero-order chi connectivity index (χ0) is 20.0. The van der Waals surface area contributed by atoms with Crippen LogP contribution in [0.2, 0.25) is 25.7 Å². The number of amides is 1. The molecule has 0 aliphatic carbocycles. The molecule has 0 saturated heterocycles. The summed E-state index contributed by atoms with van der Waals surface area (Å²) in [6.45, 7) is 12.2. The molecule has 0 bridgehead atoms. The molecule has 0 aliphatic rings. The molecule has 1 aromatic rings. The molecule has 0 unspecified atom stereocenters. The van der Waals surface area contributed by atoms with Crippen LogP contribution >= 0.6 is 0 Å². The number of phenolic OH excluding ortho intramolecular Hbond substituents is 1. The maximum Gasteiger partial charge on any atom is 0.407 e. The first-order chi connectivity index (χ1) is 11.9. The van der Waals surface area contributed by atoms with Crippen molar-refractivity contribution >= 4 is 20.1 Å². The average Bonchev–Trinajstić information content (AvgIpc) is 2.46. The number of ether oxygens (including phenoxy) is 2. The number of aromatic hydroxyl groups is 1. The van der Waals surface area contributed by atoms with Gasteiger partial charge in [-0.05, 0) is 32.9 Å². The van der Waals surface area contributed by atoms with Crippen molar-refractivity contribution < 1.29 is 24.2 Å². The second kappa shape index (κ2) is 9.07. The lowest BCUT2D eigenvalue weighted by molar-refractivity contribution is -0.144. The maximum absolute atomic E-state index is 12.6. The third-order valence-electron chi connectivity index (χ3n) is 3.54. The van der Waals surface area contributed by atoms with E-state index in [9.17, 15) is 14.7 Å². The highest BCUT2D eigenvalue weighted by atomic mass is 28.3. The van der Waals surface area contributed by atoms with Crippen molar-refractivity contribution in [3.63, 3.8) is 0 Å². The zero-order valence-corrected chi connectivity index (χ0v) is 17.6. The SMILES string of the molecule is CC(C)(C)OC(=O)NC[C@H](C(=O)OCC[Si](C)(C)C)c1ccccc1O. The highest BCUT2D eigenvalue weighted by Crippen LogP contribution is 2.26. The van der Waals surface area contributed by atoms with Gasteiger partial charge in [0.2, 0.25) is 0 Å². The molecule has 26 heavy (non-hydrogen) atoms. The summed E-state index contributed by atoms with van der Waals surface area (Å²) >= 11 is 0. The molecule has 1 aromatic carbocycles. The van der Waals surface area contributed by atoms with E-state index in [4.69, 9.17) is 9.47 Å². The normalized spacial score (nSPS) is 13.0. The van der Waals surface area contributed by atoms with E-state index in [0.29, 0.717) is 12.2 Å².